The van der Waals surface area contributed by atoms with Crippen LogP contribution in [0.1, 0.15) is 11.1 Å². The van der Waals surface area contributed by atoms with Gasteiger partial charge in [-0.2, -0.15) is 0 Å². The van der Waals surface area contributed by atoms with Gasteiger partial charge in [0.05, 0.1) is 16.3 Å². The summed E-state index contributed by atoms with van der Waals surface area (Å²) >= 11 is 4.93. The molecule has 9 nitrogen and oxygen atoms in total. The fourth-order valence-corrected chi connectivity index (χ4v) is 3.63. The fraction of sp³-hybridized carbons (Fsp3) is 0.188. The molecule has 0 saturated heterocycles. The lowest BCUT2D eigenvalue weighted by atomic mass is 10.1. The van der Waals surface area contributed by atoms with Gasteiger partial charge in [0.25, 0.3) is 15.7 Å². The highest BCUT2D eigenvalue weighted by Crippen LogP contribution is 2.28. The van der Waals surface area contributed by atoms with E-state index in [1.807, 2.05) is 13.0 Å². The van der Waals surface area contributed by atoms with Crippen LogP contribution >= 0.6 is 12.2 Å². The van der Waals surface area contributed by atoms with Gasteiger partial charge in [-0.1, -0.05) is 17.7 Å². The topological polar surface area (TPSA) is 125 Å². The number of thiocarbonyl (C=S) groups is 1. The van der Waals surface area contributed by atoms with E-state index < -0.39 is 14.9 Å². The summed E-state index contributed by atoms with van der Waals surface area (Å²) in [6.45, 7) is 3.66. The van der Waals surface area contributed by atoms with Crippen molar-refractivity contribution in [1.29, 1.82) is 0 Å². The third-order valence-electron chi connectivity index (χ3n) is 3.63. The lowest BCUT2D eigenvalue weighted by molar-refractivity contribution is -0.385. The minimum Gasteiger partial charge on any atom is -0.364 e. The number of non-ortho nitro benzene ring substituents is 1. The minimum absolute atomic E-state index is 0.107. The number of rotatable bonds is 6. The Morgan fingerprint density at radius 1 is 1.11 bits per heavy atom. The average molecular weight is 409 g/mol. The Hall–Kier alpha value is -2.92. The van der Waals surface area contributed by atoms with E-state index in [9.17, 15) is 18.5 Å². The van der Waals surface area contributed by atoms with Gasteiger partial charge in [0.15, 0.2) is 5.11 Å². The van der Waals surface area contributed by atoms with Crippen molar-refractivity contribution in [3.8, 4) is 0 Å². The summed E-state index contributed by atoms with van der Waals surface area (Å²) in [5.74, 6) is 0. The number of sulfonamides is 1. The maximum Gasteiger partial charge on any atom is 0.270 e. The van der Waals surface area contributed by atoms with Gasteiger partial charge in [-0.05, 0) is 43.8 Å². The van der Waals surface area contributed by atoms with Gasteiger partial charge in [0.1, 0.15) is 4.90 Å². The lowest BCUT2D eigenvalue weighted by Crippen LogP contribution is -2.37. The number of nitrogens with one attached hydrogen (secondary N) is 4. The number of nitrogens with zero attached hydrogens (tertiary/aromatic N) is 1. The van der Waals surface area contributed by atoms with E-state index >= 15 is 0 Å². The number of anilines is 2. The Bertz CT molecular complexity index is 992. The largest absolute Gasteiger partial charge is 0.364 e. The summed E-state index contributed by atoms with van der Waals surface area (Å²) in [6, 6.07) is 8.71. The SMILES string of the molecule is CNC(=S)NNc1ccc([N+](=O)[O-])cc1S(=O)(=O)Nc1ccc(C)cc1C. The van der Waals surface area contributed by atoms with Crippen LogP contribution < -0.4 is 20.9 Å². The summed E-state index contributed by atoms with van der Waals surface area (Å²) in [5.41, 5.74) is 7.11. The highest BCUT2D eigenvalue weighted by atomic mass is 32.2. The van der Waals surface area contributed by atoms with E-state index in [0.29, 0.717) is 5.69 Å². The van der Waals surface area contributed by atoms with E-state index in [0.717, 1.165) is 17.2 Å². The van der Waals surface area contributed by atoms with Crippen LogP contribution in [0.15, 0.2) is 41.3 Å². The summed E-state index contributed by atoms with van der Waals surface area (Å²) in [7, 11) is -2.52. The predicted octanol–water partition coefficient (Wildman–Crippen LogP) is 2.43. The van der Waals surface area contributed by atoms with Gasteiger partial charge in [-0.15, -0.1) is 0 Å². The van der Waals surface area contributed by atoms with Gasteiger partial charge in [0.2, 0.25) is 0 Å². The molecule has 0 aliphatic heterocycles. The smallest absolute Gasteiger partial charge is 0.270 e. The molecule has 2 rings (SSSR count). The van der Waals surface area contributed by atoms with Gasteiger partial charge in [-0.3, -0.25) is 25.7 Å². The second-order valence-corrected chi connectivity index (χ2v) is 7.75. The first-order valence-electron chi connectivity index (χ1n) is 7.76. The van der Waals surface area contributed by atoms with Crippen molar-refractivity contribution in [2.75, 3.05) is 17.2 Å². The molecule has 0 fully saturated rings. The number of hydrazine groups is 1. The van der Waals surface area contributed by atoms with Gasteiger partial charge < -0.3 is 5.32 Å². The molecular weight excluding hydrogens is 390 g/mol. The molecule has 27 heavy (non-hydrogen) atoms. The molecule has 0 aromatic heterocycles. The Balaban J connectivity index is 2.46. The average Bonchev–Trinajstić information content (AvgIpc) is 2.61. The molecule has 0 atom stereocenters. The van der Waals surface area contributed by atoms with Crippen molar-refractivity contribution in [3.63, 3.8) is 0 Å². The van der Waals surface area contributed by atoms with Crippen molar-refractivity contribution in [2.24, 2.45) is 0 Å². The first-order valence-corrected chi connectivity index (χ1v) is 9.65. The van der Waals surface area contributed by atoms with E-state index in [4.69, 9.17) is 12.2 Å². The zero-order chi connectivity index (χ0) is 20.2. The maximum atomic E-state index is 12.9. The monoisotopic (exact) mass is 409 g/mol. The minimum atomic E-state index is -4.11. The van der Waals surface area contributed by atoms with Crippen molar-refractivity contribution in [1.82, 2.24) is 10.7 Å². The highest BCUT2D eigenvalue weighted by molar-refractivity contribution is 7.93. The van der Waals surface area contributed by atoms with Crippen molar-refractivity contribution in [2.45, 2.75) is 18.7 Å². The molecule has 0 radical (unpaired) electrons. The second kappa shape index (κ2) is 8.18. The zero-order valence-electron chi connectivity index (χ0n) is 14.9. The predicted molar refractivity (Wildman–Crippen MR) is 108 cm³/mol. The number of nitro groups is 1. The molecule has 0 aliphatic carbocycles. The summed E-state index contributed by atoms with van der Waals surface area (Å²) < 4.78 is 28.3. The summed E-state index contributed by atoms with van der Waals surface area (Å²) in [5, 5.41) is 14.0. The first kappa shape index (κ1) is 20.4. The highest BCUT2D eigenvalue weighted by Gasteiger charge is 2.23. The standard InChI is InChI=1S/C16H19N5O4S2/c1-10-4-6-13(11(2)8-10)20-27(24,25)15-9-12(21(22)23)5-7-14(15)18-19-16(26)17-3/h4-9,18,20H,1-3H3,(H2,17,19,26). The third kappa shape index (κ3) is 5.05. The van der Waals surface area contributed by atoms with E-state index in [1.54, 1.807) is 26.1 Å². The Morgan fingerprint density at radius 2 is 1.78 bits per heavy atom. The van der Waals surface area contributed by atoms with Crippen molar-refractivity contribution < 1.29 is 13.3 Å². The van der Waals surface area contributed by atoms with Crippen LogP contribution in [0, 0.1) is 24.0 Å². The fourth-order valence-electron chi connectivity index (χ4n) is 2.26. The second-order valence-electron chi connectivity index (χ2n) is 5.69. The summed E-state index contributed by atoms with van der Waals surface area (Å²) in [6.07, 6.45) is 0. The van der Waals surface area contributed by atoms with Crippen molar-refractivity contribution >= 4 is 44.4 Å². The Morgan fingerprint density at radius 3 is 2.37 bits per heavy atom. The van der Waals surface area contributed by atoms with Crippen LogP contribution in [-0.4, -0.2) is 25.5 Å². The molecule has 2 aromatic carbocycles. The van der Waals surface area contributed by atoms with Gasteiger partial charge in [0, 0.05) is 19.2 Å². The molecule has 0 bridgehead atoms. The third-order valence-corrected chi connectivity index (χ3v) is 5.34. The molecule has 0 amide bonds. The summed E-state index contributed by atoms with van der Waals surface area (Å²) in [4.78, 5) is 10.1. The van der Waals surface area contributed by atoms with E-state index in [1.165, 1.54) is 12.1 Å². The zero-order valence-corrected chi connectivity index (χ0v) is 16.5. The number of hydrogen-bond donors (Lipinski definition) is 4. The molecule has 2 aromatic rings. The van der Waals surface area contributed by atoms with Crippen LogP contribution in [0.3, 0.4) is 0 Å². The van der Waals surface area contributed by atoms with Crippen LogP contribution in [0.25, 0.3) is 0 Å². The maximum absolute atomic E-state index is 12.9. The van der Waals surface area contributed by atoms with E-state index in [-0.39, 0.29) is 21.4 Å². The molecule has 11 heteroatoms. The van der Waals surface area contributed by atoms with Crippen LogP contribution in [0.4, 0.5) is 17.1 Å². The quantitative estimate of drug-likeness (QED) is 0.326. The Kier molecular flexibility index (Phi) is 6.18. The molecule has 0 unspecified atom stereocenters. The van der Waals surface area contributed by atoms with E-state index in [2.05, 4.69) is 20.9 Å². The first-order chi connectivity index (χ1) is 12.6. The lowest BCUT2D eigenvalue weighted by Gasteiger charge is -2.16. The van der Waals surface area contributed by atoms with Gasteiger partial charge >= 0.3 is 0 Å². The van der Waals surface area contributed by atoms with Crippen LogP contribution in [0.5, 0.6) is 0 Å². The van der Waals surface area contributed by atoms with Gasteiger partial charge in [-0.25, -0.2) is 8.42 Å². The van der Waals surface area contributed by atoms with Crippen molar-refractivity contribution in [3.05, 3.63) is 57.6 Å². The molecule has 0 saturated carbocycles. The Labute approximate surface area is 162 Å². The molecule has 144 valence electrons. The molecule has 0 aliphatic rings. The number of aryl methyl sites for hydroxylation is 2. The molecule has 0 spiro atoms. The number of hydrogen-bond acceptors (Lipinski definition) is 6. The molecular formula is C16H19N5O4S2. The number of benzene rings is 2. The van der Waals surface area contributed by atoms with Crippen LogP contribution in [0.2, 0.25) is 0 Å². The van der Waals surface area contributed by atoms with Crippen LogP contribution in [-0.2, 0) is 10.0 Å². The number of nitro benzene ring substituents is 1. The normalized spacial score (nSPS) is 10.8. The molecule has 0 heterocycles. The molecule has 4 N–H and O–H groups in total.